The maximum Gasteiger partial charge on any atom is 0.227 e. The smallest absolute Gasteiger partial charge is 0.227 e. The van der Waals surface area contributed by atoms with E-state index in [2.05, 4.69) is 247 Å². The van der Waals surface area contributed by atoms with E-state index in [1.165, 1.54) is 22.3 Å². The summed E-state index contributed by atoms with van der Waals surface area (Å²) in [6.45, 7) is 29.4. The summed E-state index contributed by atoms with van der Waals surface area (Å²) in [5.74, 6) is 6.59. The minimum atomic E-state index is 0.684. The summed E-state index contributed by atoms with van der Waals surface area (Å²) >= 11 is 24.4. The molecule has 32 heteroatoms. The summed E-state index contributed by atoms with van der Waals surface area (Å²) < 4.78 is 0. The molecule has 20 rings (SSSR count). The lowest BCUT2D eigenvalue weighted by molar-refractivity contribution is 0.270. The Morgan fingerprint density at radius 2 is 0.507 bits per heavy atom. The largest absolute Gasteiger partial charge is 0.366 e. The number of nitrogens with one attached hydrogen (secondary N) is 8. The minimum Gasteiger partial charge on any atom is -0.366 e. The maximum atomic E-state index is 6.11. The second-order valence-corrected chi connectivity index (χ2v) is 35.8. The SMILES string of the molecule is CCN1CCN(c2nc(C)cc(NCc3ccc(Nc4ccnc5cc(Cl)ccc45)cc3)n2)CC1.CCN1CCN(c2nccc(NCc3ccc(Nc4ccnc5cc(Cl)ccc45)cc3)n2)CC1.CN1CCN(c2nccc(NCc3ccc(Nc4ccnc5cc(Cl)ccc45)cc3)n2)CC1.Cc1cc(NCc2ccc(Nc3ccnc4cc(Cl)ccc34)cc2)nc(N2CCN(C)CC2)n1. The molecule has 16 aromatic rings. The summed E-state index contributed by atoms with van der Waals surface area (Å²) in [7, 11) is 4.30. The molecule has 0 radical (unpaired) electrons. The summed E-state index contributed by atoms with van der Waals surface area (Å²) in [5.41, 5.74) is 18.2. The van der Waals surface area contributed by atoms with Gasteiger partial charge in [0, 0.05) is 279 Å². The molecule has 8 N–H and O–H groups in total. The summed E-state index contributed by atoms with van der Waals surface area (Å²) in [6.07, 6.45) is 10.8. The van der Waals surface area contributed by atoms with Gasteiger partial charge in [0.05, 0.1) is 22.1 Å². The van der Waals surface area contributed by atoms with Crippen molar-refractivity contribution in [1.29, 1.82) is 0 Å². The third kappa shape index (κ3) is 25.7. The number of pyridine rings is 4. The van der Waals surface area contributed by atoms with Crippen LogP contribution in [-0.2, 0) is 26.2 Å². The van der Waals surface area contributed by atoms with Crippen LogP contribution in [0.2, 0.25) is 20.1 Å². The van der Waals surface area contributed by atoms with Crippen molar-refractivity contribution >= 4 is 183 Å². The van der Waals surface area contributed by atoms with Crippen molar-refractivity contribution < 1.29 is 0 Å². The van der Waals surface area contributed by atoms with Crippen LogP contribution < -0.4 is 62.1 Å². The van der Waals surface area contributed by atoms with Crippen LogP contribution in [-0.4, -0.2) is 211 Å². The van der Waals surface area contributed by atoms with Crippen molar-refractivity contribution in [2.45, 2.75) is 53.9 Å². The number of hydrogen-bond donors (Lipinski definition) is 8. The van der Waals surface area contributed by atoms with E-state index in [9.17, 15) is 0 Å². The number of hydrogen-bond acceptors (Lipinski definition) is 28. The van der Waals surface area contributed by atoms with E-state index in [1.54, 1.807) is 24.8 Å². The van der Waals surface area contributed by atoms with Gasteiger partial charge in [0.2, 0.25) is 23.8 Å². The Morgan fingerprint density at radius 1 is 0.257 bits per heavy atom. The Bertz CT molecular complexity index is 6680. The first-order chi connectivity index (χ1) is 66.4. The lowest BCUT2D eigenvalue weighted by Gasteiger charge is -2.34. The number of anilines is 16. The van der Waals surface area contributed by atoms with Crippen molar-refractivity contribution in [2.24, 2.45) is 0 Å². The molecule has 28 nitrogen and oxygen atoms in total. The molecule has 0 aliphatic carbocycles. The first kappa shape index (κ1) is 94.1. The minimum absolute atomic E-state index is 0.684. The van der Waals surface area contributed by atoms with Crippen LogP contribution in [0.3, 0.4) is 0 Å². The molecule has 0 atom stereocenters. The Hall–Kier alpha value is -13.7. The van der Waals surface area contributed by atoms with Crippen LogP contribution in [0.15, 0.2) is 256 Å². The van der Waals surface area contributed by atoms with Gasteiger partial charge in [-0.1, -0.05) is 109 Å². The second kappa shape index (κ2) is 45.6. The lowest BCUT2D eigenvalue weighted by Crippen LogP contribution is -2.46. The molecule has 696 valence electrons. The fourth-order valence-electron chi connectivity index (χ4n) is 16.4. The molecule has 0 bridgehead atoms. The number of aryl methyl sites for hydroxylation is 2. The van der Waals surface area contributed by atoms with Crippen LogP contribution in [0.4, 0.5) is 92.6 Å². The first-order valence-electron chi connectivity index (χ1n) is 46.2. The number of piperazine rings is 4. The number of benzene rings is 8. The highest BCUT2D eigenvalue weighted by Crippen LogP contribution is 2.34. The van der Waals surface area contributed by atoms with Crippen LogP contribution in [0.25, 0.3) is 43.6 Å². The van der Waals surface area contributed by atoms with Crippen molar-refractivity contribution in [3.8, 4) is 0 Å². The van der Waals surface area contributed by atoms with Gasteiger partial charge in [-0.3, -0.25) is 19.9 Å². The third-order valence-electron chi connectivity index (χ3n) is 24.4. The summed E-state index contributed by atoms with van der Waals surface area (Å²) in [5, 5.41) is 34.6. The molecular weight excluding hydrogens is 1780 g/mol. The molecule has 8 aromatic carbocycles. The topological polar surface area (TPSA) is 277 Å². The van der Waals surface area contributed by atoms with Crippen molar-refractivity contribution in [3.63, 3.8) is 0 Å². The molecule has 0 spiro atoms. The molecule has 136 heavy (non-hydrogen) atoms. The molecule has 4 saturated heterocycles. The molecule has 4 aliphatic rings. The molecule has 0 amide bonds. The molecule has 4 fully saturated rings. The number of aromatic nitrogens is 12. The van der Waals surface area contributed by atoms with E-state index in [0.29, 0.717) is 46.3 Å². The van der Waals surface area contributed by atoms with Gasteiger partial charge in [-0.25, -0.2) is 19.9 Å². The second-order valence-electron chi connectivity index (χ2n) is 34.1. The van der Waals surface area contributed by atoms with Crippen LogP contribution in [0.1, 0.15) is 47.5 Å². The Balaban J connectivity index is 0.000000126. The van der Waals surface area contributed by atoms with Crippen LogP contribution in [0.5, 0.6) is 0 Å². The highest BCUT2D eigenvalue weighted by atomic mass is 35.5. The van der Waals surface area contributed by atoms with Crippen molar-refractivity contribution in [3.05, 3.63) is 309 Å². The zero-order valence-electron chi connectivity index (χ0n) is 77.3. The molecule has 12 heterocycles. The van der Waals surface area contributed by atoms with E-state index in [4.69, 9.17) is 66.3 Å². The van der Waals surface area contributed by atoms with E-state index < -0.39 is 0 Å². The average Bonchev–Trinajstić information content (AvgIpc) is 0.815. The quantitative estimate of drug-likeness (QED) is 0.0250. The van der Waals surface area contributed by atoms with Crippen LogP contribution in [0, 0.1) is 13.8 Å². The Labute approximate surface area is 813 Å². The van der Waals surface area contributed by atoms with E-state index >= 15 is 0 Å². The predicted molar refractivity (Wildman–Crippen MR) is 561 cm³/mol. The lowest BCUT2D eigenvalue weighted by atomic mass is 10.1. The van der Waals surface area contributed by atoms with Gasteiger partial charge in [0.1, 0.15) is 23.3 Å². The average molecular weight is 1900 g/mol. The zero-order chi connectivity index (χ0) is 93.6. The molecule has 0 saturated carbocycles. The highest BCUT2D eigenvalue weighted by Gasteiger charge is 2.24. The van der Waals surface area contributed by atoms with E-state index in [1.807, 2.05) is 148 Å². The zero-order valence-corrected chi connectivity index (χ0v) is 80.3. The van der Waals surface area contributed by atoms with E-state index in [-0.39, 0.29) is 0 Å². The number of halogens is 4. The maximum absolute atomic E-state index is 6.11. The summed E-state index contributed by atoms with van der Waals surface area (Å²) in [4.78, 5) is 73.5. The number of nitrogens with zero attached hydrogens (tertiary/aromatic N) is 20. The molecular formula is C104H112Cl4N28. The van der Waals surface area contributed by atoms with E-state index in [0.717, 1.165) is 265 Å². The van der Waals surface area contributed by atoms with Crippen molar-refractivity contribution in [1.82, 2.24) is 79.4 Å². The van der Waals surface area contributed by atoms with Gasteiger partial charge in [-0.2, -0.15) is 19.9 Å². The van der Waals surface area contributed by atoms with Gasteiger partial charge in [0.25, 0.3) is 0 Å². The predicted octanol–water partition coefficient (Wildman–Crippen LogP) is 20.5. The number of fused-ring (bicyclic) bond motifs is 4. The normalized spacial score (nSPS) is 14.4. The van der Waals surface area contributed by atoms with Gasteiger partial charge in [0.15, 0.2) is 0 Å². The first-order valence-corrected chi connectivity index (χ1v) is 47.7. The monoisotopic (exact) mass is 1890 g/mol. The van der Waals surface area contributed by atoms with Gasteiger partial charge < -0.3 is 81.7 Å². The van der Waals surface area contributed by atoms with Gasteiger partial charge >= 0.3 is 0 Å². The molecule has 0 unspecified atom stereocenters. The molecule has 8 aromatic heterocycles. The van der Waals surface area contributed by atoms with Gasteiger partial charge in [-0.05, 0) is 221 Å². The number of likely N-dealkylation sites (N-methyl/N-ethyl adjacent to an activating group) is 4. The fraction of sp³-hybridized carbons (Fsp3) is 0.269. The fourth-order valence-corrected chi connectivity index (χ4v) is 17.1. The highest BCUT2D eigenvalue weighted by molar-refractivity contribution is 6.32. The van der Waals surface area contributed by atoms with Crippen molar-refractivity contribution in [2.75, 3.05) is 194 Å². The molecule has 4 aliphatic heterocycles. The Morgan fingerprint density at radius 3 is 0.787 bits per heavy atom. The standard InChI is InChI=1S/C27H30ClN7.2C26H28ClN7.C25H26ClN7/c1-3-34-12-14-35(15-13-34)27-31-19(2)16-26(33-27)30-18-20-4-7-22(8-5-20)32-24-10-11-29-25-17-21(28)6-9-23(24)25;1-18-15-25(32-26(30-18)34-13-11-33(2)12-14-34)29-17-19-3-6-21(7-4-19)31-23-9-10-28-24-16-20(27)5-8-22(23)24;1-2-33-13-15-34(16-14-33)26-29-12-10-25(32-26)30-18-19-3-6-21(7-4-19)31-23-9-11-28-24-17-20(27)5-8-22(23)24;1-32-12-14-33(15-13-32)25-28-11-9-24(31-25)29-17-18-2-5-20(6-3-18)30-22-8-10-27-23-16-19(26)4-7-21(22)23/h4-11,16-17H,3,12-15,18H2,1-2H3,(H,29,32)(H,30,31,33);3-10,15-16H,11-14,17H2,1-2H3,(H,28,31)(H,29,30,32);3-12,17H,2,13-16,18H2,1H3,(H,28,31)(H,29,30,32);2-11,16H,12-15,17H2,1H3,(H,27,30)(H,28,29,31). The van der Waals surface area contributed by atoms with Crippen LogP contribution >= 0.6 is 46.4 Å². The van der Waals surface area contributed by atoms with Gasteiger partial charge in [-0.15, -0.1) is 0 Å². The number of rotatable bonds is 26. The summed E-state index contributed by atoms with van der Waals surface area (Å²) in [6, 6.07) is 72.3. The Kier molecular flexibility index (Phi) is 31.5. The third-order valence-corrected chi connectivity index (χ3v) is 25.3.